The van der Waals surface area contributed by atoms with Crippen molar-refractivity contribution in [2.24, 2.45) is 5.73 Å². The SMILES string of the molecule is C[C@@H](N)Cc1ccc(O)c(F)c1. The fourth-order valence-corrected chi connectivity index (χ4v) is 1.05. The van der Waals surface area contributed by atoms with Crippen molar-refractivity contribution in [3.8, 4) is 5.75 Å². The van der Waals surface area contributed by atoms with Crippen LogP contribution in [0.4, 0.5) is 4.39 Å². The summed E-state index contributed by atoms with van der Waals surface area (Å²) in [5.41, 5.74) is 6.33. The Hall–Kier alpha value is -1.09. The van der Waals surface area contributed by atoms with Crippen LogP contribution in [0.2, 0.25) is 0 Å². The Balaban J connectivity index is 2.82. The van der Waals surface area contributed by atoms with E-state index in [9.17, 15) is 4.39 Å². The van der Waals surface area contributed by atoms with Crippen molar-refractivity contribution in [1.29, 1.82) is 0 Å². The highest BCUT2D eigenvalue weighted by Gasteiger charge is 2.02. The van der Waals surface area contributed by atoms with Gasteiger partial charge in [-0.3, -0.25) is 0 Å². The van der Waals surface area contributed by atoms with E-state index in [2.05, 4.69) is 0 Å². The molecule has 1 aromatic carbocycles. The molecule has 0 aliphatic heterocycles. The highest BCUT2D eigenvalue weighted by Crippen LogP contribution is 2.16. The molecule has 0 radical (unpaired) electrons. The van der Waals surface area contributed by atoms with E-state index >= 15 is 0 Å². The van der Waals surface area contributed by atoms with E-state index < -0.39 is 5.82 Å². The van der Waals surface area contributed by atoms with Crippen LogP contribution in [0.25, 0.3) is 0 Å². The van der Waals surface area contributed by atoms with Crippen molar-refractivity contribution in [3.05, 3.63) is 29.6 Å². The van der Waals surface area contributed by atoms with Crippen molar-refractivity contribution in [3.63, 3.8) is 0 Å². The van der Waals surface area contributed by atoms with Gasteiger partial charge in [-0.15, -0.1) is 0 Å². The van der Waals surface area contributed by atoms with E-state index in [1.165, 1.54) is 12.1 Å². The van der Waals surface area contributed by atoms with Gasteiger partial charge in [0, 0.05) is 6.04 Å². The van der Waals surface area contributed by atoms with Crippen LogP contribution in [0, 0.1) is 5.82 Å². The van der Waals surface area contributed by atoms with Gasteiger partial charge < -0.3 is 10.8 Å². The van der Waals surface area contributed by atoms with Crippen molar-refractivity contribution in [1.82, 2.24) is 0 Å². The molecule has 0 aliphatic carbocycles. The lowest BCUT2D eigenvalue weighted by Crippen LogP contribution is -2.17. The minimum Gasteiger partial charge on any atom is -0.505 e. The van der Waals surface area contributed by atoms with Gasteiger partial charge in [0.15, 0.2) is 11.6 Å². The Morgan fingerprint density at radius 3 is 2.75 bits per heavy atom. The van der Waals surface area contributed by atoms with E-state index in [1.807, 2.05) is 6.92 Å². The van der Waals surface area contributed by atoms with Crippen LogP contribution >= 0.6 is 0 Å². The van der Waals surface area contributed by atoms with Gasteiger partial charge in [0.1, 0.15) is 0 Å². The molecule has 2 nitrogen and oxygen atoms in total. The first kappa shape index (κ1) is 9.00. The van der Waals surface area contributed by atoms with Crippen LogP contribution in [0.5, 0.6) is 5.75 Å². The summed E-state index contributed by atoms with van der Waals surface area (Å²) in [5.74, 6) is -0.906. The normalized spacial score (nSPS) is 12.9. The lowest BCUT2D eigenvalue weighted by Gasteiger charge is -2.05. The summed E-state index contributed by atoms with van der Waals surface area (Å²) in [6.07, 6.45) is 0.622. The Bertz CT molecular complexity index is 273. The van der Waals surface area contributed by atoms with Crippen molar-refractivity contribution < 1.29 is 9.50 Å². The summed E-state index contributed by atoms with van der Waals surface area (Å²) in [5, 5.41) is 8.87. The number of phenolic OH excluding ortho intramolecular Hbond substituents is 1. The quantitative estimate of drug-likeness (QED) is 0.703. The molecular weight excluding hydrogens is 157 g/mol. The summed E-state index contributed by atoms with van der Waals surface area (Å²) < 4.78 is 12.7. The van der Waals surface area contributed by atoms with Crippen LogP contribution < -0.4 is 5.73 Å². The van der Waals surface area contributed by atoms with E-state index in [0.29, 0.717) is 6.42 Å². The molecular formula is C9H12FNO. The molecule has 12 heavy (non-hydrogen) atoms. The van der Waals surface area contributed by atoms with Crippen molar-refractivity contribution in [2.45, 2.75) is 19.4 Å². The van der Waals surface area contributed by atoms with Gasteiger partial charge in [-0.05, 0) is 31.0 Å². The third kappa shape index (κ3) is 2.20. The first-order valence-electron chi connectivity index (χ1n) is 3.82. The second-order valence-electron chi connectivity index (χ2n) is 2.97. The van der Waals surface area contributed by atoms with Gasteiger partial charge in [0.2, 0.25) is 0 Å². The van der Waals surface area contributed by atoms with Crippen molar-refractivity contribution >= 4 is 0 Å². The molecule has 0 aromatic heterocycles. The number of aromatic hydroxyl groups is 1. The average Bonchev–Trinajstić information content (AvgIpc) is 1.96. The number of phenols is 1. The summed E-state index contributed by atoms with van der Waals surface area (Å²) >= 11 is 0. The highest BCUT2D eigenvalue weighted by molar-refractivity contribution is 5.28. The number of halogens is 1. The maximum atomic E-state index is 12.7. The average molecular weight is 169 g/mol. The smallest absolute Gasteiger partial charge is 0.165 e. The molecule has 0 amide bonds. The molecule has 1 atom stereocenters. The third-order valence-corrected chi connectivity index (χ3v) is 1.57. The van der Waals surface area contributed by atoms with Gasteiger partial charge >= 0.3 is 0 Å². The molecule has 0 saturated heterocycles. The minimum absolute atomic E-state index is 0.00828. The van der Waals surface area contributed by atoms with E-state index in [1.54, 1.807) is 6.07 Å². The molecule has 0 saturated carbocycles. The maximum absolute atomic E-state index is 12.7. The topological polar surface area (TPSA) is 46.2 Å². The minimum atomic E-state index is -0.590. The Labute approximate surface area is 70.8 Å². The standard InChI is InChI=1S/C9H12FNO/c1-6(11)4-7-2-3-9(12)8(10)5-7/h2-3,5-6,12H,4,11H2,1H3/t6-/m1/s1. The summed E-state index contributed by atoms with van der Waals surface area (Å²) in [6.45, 7) is 1.85. The molecule has 0 unspecified atom stereocenters. The number of rotatable bonds is 2. The third-order valence-electron chi connectivity index (χ3n) is 1.57. The predicted molar refractivity (Wildman–Crippen MR) is 45.4 cm³/mol. The zero-order valence-electron chi connectivity index (χ0n) is 6.92. The Morgan fingerprint density at radius 1 is 1.58 bits per heavy atom. The van der Waals surface area contributed by atoms with Gasteiger partial charge in [-0.2, -0.15) is 0 Å². The van der Waals surface area contributed by atoms with Crippen LogP contribution in [0.3, 0.4) is 0 Å². The summed E-state index contributed by atoms with van der Waals surface area (Å²) in [4.78, 5) is 0. The summed E-state index contributed by atoms with van der Waals surface area (Å²) in [6, 6.07) is 4.32. The molecule has 66 valence electrons. The molecule has 3 heteroatoms. The summed E-state index contributed by atoms with van der Waals surface area (Å²) in [7, 11) is 0. The Kier molecular flexibility index (Phi) is 2.65. The number of nitrogens with two attached hydrogens (primary N) is 1. The number of hydrogen-bond donors (Lipinski definition) is 2. The predicted octanol–water partition coefficient (Wildman–Crippen LogP) is 1.42. The van der Waals surface area contributed by atoms with Gasteiger partial charge in [0.05, 0.1) is 0 Å². The lowest BCUT2D eigenvalue weighted by molar-refractivity contribution is 0.431. The first-order chi connectivity index (χ1) is 5.59. The zero-order chi connectivity index (χ0) is 9.14. The number of benzene rings is 1. The van der Waals surface area contributed by atoms with Gasteiger partial charge in [0.25, 0.3) is 0 Å². The molecule has 1 aromatic rings. The monoisotopic (exact) mass is 169 g/mol. The van der Waals surface area contributed by atoms with Gasteiger partial charge in [-0.1, -0.05) is 6.07 Å². The van der Waals surface area contributed by atoms with Crippen LogP contribution in [0.1, 0.15) is 12.5 Å². The molecule has 3 N–H and O–H groups in total. The second-order valence-corrected chi connectivity index (χ2v) is 2.97. The molecule has 0 heterocycles. The molecule has 0 bridgehead atoms. The fourth-order valence-electron chi connectivity index (χ4n) is 1.05. The van der Waals surface area contributed by atoms with E-state index in [0.717, 1.165) is 5.56 Å². The molecule has 0 spiro atoms. The number of hydrogen-bond acceptors (Lipinski definition) is 2. The van der Waals surface area contributed by atoms with Gasteiger partial charge in [-0.25, -0.2) is 4.39 Å². The molecule has 0 fully saturated rings. The van der Waals surface area contributed by atoms with E-state index in [-0.39, 0.29) is 11.8 Å². The fraction of sp³-hybridized carbons (Fsp3) is 0.333. The van der Waals surface area contributed by atoms with Crippen LogP contribution in [-0.2, 0) is 6.42 Å². The highest BCUT2D eigenvalue weighted by atomic mass is 19.1. The largest absolute Gasteiger partial charge is 0.505 e. The molecule has 0 aliphatic rings. The van der Waals surface area contributed by atoms with E-state index in [4.69, 9.17) is 10.8 Å². The second kappa shape index (κ2) is 3.54. The lowest BCUT2D eigenvalue weighted by atomic mass is 10.1. The molecule has 1 rings (SSSR count). The van der Waals surface area contributed by atoms with Crippen LogP contribution in [0.15, 0.2) is 18.2 Å². The Morgan fingerprint density at radius 2 is 2.25 bits per heavy atom. The van der Waals surface area contributed by atoms with Crippen LogP contribution in [-0.4, -0.2) is 11.1 Å². The maximum Gasteiger partial charge on any atom is 0.165 e. The zero-order valence-corrected chi connectivity index (χ0v) is 6.92. The first-order valence-corrected chi connectivity index (χ1v) is 3.82. The van der Waals surface area contributed by atoms with Crippen molar-refractivity contribution in [2.75, 3.05) is 0 Å².